The molecule has 2 N–H and O–H groups in total. The molecule has 6 heteroatoms. The zero-order valence-corrected chi connectivity index (χ0v) is 11.8. The number of hydrogen-bond donors (Lipinski definition) is 2. The predicted octanol–water partition coefficient (Wildman–Crippen LogP) is -1.51. The molecule has 1 rings (SSSR count). The number of piperazine rings is 1. The van der Waals surface area contributed by atoms with E-state index in [4.69, 9.17) is 6.42 Å². The number of likely N-dealkylation sites (N-methyl/N-ethyl adjacent to an activating group) is 1. The SMILES string of the molecule is C#CCNC(=O)C(C)N1CCNCC1C(=O)N(C)C. The van der Waals surface area contributed by atoms with Crippen molar-refractivity contribution in [2.45, 2.75) is 19.0 Å². The average Bonchev–Trinajstić information content (AvgIpc) is 2.42. The Labute approximate surface area is 114 Å². The molecule has 6 nitrogen and oxygen atoms in total. The molecule has 2 atom stereocenters. The van der Waals surface area contributed by atoms with Gasteiger partial charge < -0.3 is 15.5 Å². The van der Waals surface area contributed by atoms with E-state index >= 15 is 0 Å². The van der Waals surface area contributed by atoms with Gasteiger partial charge in [0.1, 0.15) is 6.04 Å². The van der Waals surface area contributed by atoms with Crippen molar-refractivity contribution in [1.29, 1.82) is 0 Å². The highest BCUT2D eigenvalue weighted by molar-refractivity contribution is 5.85. The molecule has 2 amide bonds. The minimum absolute atomic E-state index is 0.00352. The fourth-order valence-corrected chi connectivity index (χ4v) is 2.15. The number of carbonyl (C=O) groups excluding carboxylic acids is 2. The van der Waals surface area contributed by atoms with Crippen molar-refractivity contribution in [1.82, 2.24) is 20.4 Å². The van der Waals surface area contributed by atoms with Crippen LogP contribution in [0.2, 0.25) is 0 Å². The van der Waals surface area contributed by atoms with Crippen molar-refractivity contribution in [2.75, 3.05) is 40.3 Å². The van der Waals surface area contributed by atoms with Gasteiger partial charge in [-0.15, -0.1) is 6.42 Å². The standard InChI is InChI=1S/C13H22N4O2/c1-5-6-15-12(18)10(2)17-8-7-14-9-11(17)13(19)16(3)4/h1,10-11,14H,6-9H2,2-4H3,(H,15,18). The van der Waals surface area contributed by atoms with Crippen molar-refractivity contribution in [3.05, 3.63) is 0 Å². The van der Waals surface area contributed by atoms with Gasteiger partial charge in [0.05, 0.1) is 12.6 Å². The molecule has 1 heterocycles. The van der Waals surface area contributed by atoms with E-state index in [0.29, 0.717) is 13.1 Å². The van der Waals surface area contributed by atoms with Crippen molar-refractivity contribution < 1.29 is 9.59 Å². The lowest BCUT2D eigenvalue weighted by Crippen LogP contribution is -2.62. The van der Waals surface area contributed by atoms with Gasteiger partial charge in [-0.3, -0.25) is 14.5 Å². The summed E-state index contributed by atoms with van der Waals surface area (Å²) in [5.41, 5.74) is 0. The van der Waals surface area contributed by atoms with Gasteiger partial charge in [0, 0.05) is 33.7 Å². The Morgan fingerprint density at radius 3 is 2.84 bits per heavy atom. The van der Waals surface area contributed by atoms with E-state index in [-0.39, 0.29) is 30.4 Å². The first-order valence-corrected chi connectivity index (χ1v) is 6.37. The molecule has 0 aliphatic carbocycles. The van der Waals surface area contributed by atoms with Crippen LogP contribution in [-0.2, 0) is 9.59 Å². The quantitative estimate of drug-likeness (QED) is 0.607. The van der Waals surface area contributed by atoms with Crippen molar-refractivity contribution >= 4 is 11.8 Å². The monoisotopic (exact) mass is 266 g/mol. The molecule has 0 radical (unpaired) electrons. The van der Waals surface area contributed by atoms with Gasteiger partial charge in [-0.05, 0) is 6.92 Å². The molecule has 0 aromatic carbocycles. The van der Waals surface area contributed by atoms with Gasteiger partial charge in [0.2, 0.25) is 11.8 Å². The summed E-state index contributed by atoms with van der Waals surface area (Å²) >= 11 is 0. The maximum atomic E-state index is 12.1. The molecule has 19 heavy (non-hydrogen) atoms. The lowest BCUT2D eigenvalue weighted by atomic mass is 10.1. The zero-order chi connectivity index (χ0) is 14.4. The highest BCUT2D eigenvalue weighted by Crippen LogP contribution is 2.10. The second kappa shape index (κ2) is 7.12. The summed E-state index contributed by atoms with van der Waals surface area (Å²) in [6, 6.07) is -0.681. The lowest BCUT2D eigenvalue weighted by Gasteiger charge is -2.39. The van der Waals surface area contributed by atoms with Gasteiger partial charge in [-0.25, -0.2) is 0 Å². The number of amides is 2. The summed E-state index contributed by atoms with van der Waals surface area (Å²) in [5, 5.41) is 5.84. The van der Waals surface area contributed by atoms with E-state index in [1.807, 2.05) is 4.90 Å². The van der Waals surface area contributed by atoms with E-state index in [1.54, 1.807) is 25.9 Å². The fourth-order valence-electron chi connectivity index (χ4n) is 2.15. The molecule has 0 bridgehead atoms. The van der Waals surface area contributed by atoms with E-state index in [9.17, 15) is 9.59 Å². The van der Waals surface area contributed by atoms with Crippen LogP contribution >= 0.6 is 0 Å². The molecule has 1 aliphatic heterocycles. The molecule has 1 aliphatic rings. The minimum atomic E-state index is -0.371. The van der Waals surface area contributed by atoms with Crippen LogP contribution in [0.5, 0.6) is 0 Å². The molecular weight excluding hydrogens is 244 g/mol. The Morgan fingerprint density at radius 1 is 1.58 bits per heavy atom. The van der Waals surface area contributed by atoms with Gasteiger partial charge in [-0.1, -0.05) is 5.92 Å². The molecule has 106 valence electrons. The van der Waals surface area contributed by atoms with Gasteiger partial charge in [-0.2, -0.15) is 0 Å². The van der Waals surface area contributed by atoms with E-state index in [0.717, 1.165) is 6.54 Å². The molecule has 1 fully saturated rings. The van der Waals surface area contributed by atoms with Crippen LogP contribution in [0.1, 0.15) is 6.92 Å². The van der Waals surface area contributed by atoms with Crippen LogP contribution in [0.25, 0.3) is 0 Å². The minimum Gasteiger partial charge on any atom is -0.347 e. The number of terminal acetylenes is 1. The summed E-state index contributed by atoms with van der Waals surface area (Å²) < 4.78 is 0. The molecular formula is C13H22N4O2. The Kier molecular flexibility index (Phi) is 5.80. The third-order valence-corrected chi connectivity index (χ3v) is 3.25. The smallest absolute Gasteiger partial charge is 0.240 e. The van der Waals surface area contributed by atoms with Crippen LogP contribution in [0.3, 0.4) is 0 Å². The van der Waals surface area contributed by atoms with Crippen molar-refractivity contribution in [2.24, 2.45) is 0 Å². The van der Waals surface area contributed by atoms with Gasteiger partial charge in [0.25, 0.3) is 0 Å². The Morgan fingerprint density at radius 2 is 2.26 bits per heavy atom. The predicted molar refractivity (Wildman–Crippen MR) is 73.4 cm³/mol. The van der Waals surface area contributed by atoms with E-state index in [1.165, 1.54) is 0 Å². The van der Waals surface area contributed by atoms with Crippen LogP contribution in [-0.4, -0.2) is 74.0 Å². The second-order valence-corrected chi connectivity index (χ2v) is 4.79. The molecule has 0 spiro atoms. The summed E-state index contributed by atoms with van der Waals surface area (Å²) in [5.74, 6) is 2.23. The Balaban J connectivity index is 2.73. The van der Waals surface area contributed by atoms with Crippen LogP contribution in [0.4, 0.5) is 0 Å². The molecule has 0 saturated carbocycles. The third kappa shape index (κ3) is 3.94. The summed E-state index contributed by atoms with van der Waals surface area (Å²) in [7, 11) is 3.44. The number of rotatable bonds is 4. The fraction of sp³-hybridized carbons (Fsp3) is 0.692. The summed E-state index contributed by atoms with van der Waals surface area (Å²) in [6.45, 7) is 4.00. The number of nitrogens with zero attached hydrogens (tertiary/aromatic N) is 2. The number of nitrogens with one attached hydrogen (secondary N) is 2. The first kappa shape index (κ1) is 15.5. The normalized spacial score (nSPS) is 21.3. The molecule has 2 unspecified atom stereocenters. The lowest BCUT2D eigenvalue weighted by molar-refractivity contribution is -0.138. The Bertz CT molecular complexity index is 375. The van der Waals surface area contributed by atoms with E-state index < -0.39 is 0 Å². The van der Waals surface area contributed by atoms with Crippen molar-refractivity contribution in [3.8, 4) is 12.3 Å². The van der Waals surface area contributed by atoms with Crippen molar-refractivity contribution in [3.63, 3.8) is 0 Å². The van der Waals surface area contributed by atoms with Crippen LogP contribution in [0, 0.1) is 12.3 Å². The van der Waals surface area contributed by atoms with Gasteiger partial charge in [0.15, 0.2) is 0 Å². The maximum absolute atomic E-state index is 12.1. The topological polar surface area (TPSA) is 64.7 Å². The van der Waals surface area contributed by atoms with Crippen LogP contribution in [0.15, 0.2) is 0 Å². The van der Waals surface area contributed by atoms with E-state index in [2.05, 4.69) is 16.6 Å². The summed E-state index contributed by atoms with van der Waals surface area (Å²) in [6.07, 6.45) is 5.12. The Hall–Kier alpha value is -1.58. The third-order valence-electron chi connectivity index (χ3n) is 3.25. The first-order chi connectivity index (χ1) is 8.99. The highest BCUT2D eigenvalue weighted by atomic mass is 16.2. The highest BCUT2D eigenvalue weighted by Gasteiger charge is 2.35. The maximum Gasteiger partial charge on any atom is 0.240 e. The molecule has 1 saturated heterocycles. The number of carbonyl (C=O) groups is 2. The molecule has 0 aromatic rings. The summed E-state index contributed by atoms with van der Waals surface area (Å²) in [4.78, 5) is 27.5. The largest absolute Gasteiger partial charge is 0.347 e. The van der Waals surface area contributed by atoms with Crippen LogP contribution < -0.4 is 10.6 Å². The first-order valence-electron chi connectivity index (χ1n) is 6.37. The van der Waals surface area contributed by atoms with Gasteiger partial charge >= 0.3 is 0 Å². The average molecular weight is 266 g/mol. The number of hydrogen-bond acceptors (Lipinski definition) is 4. The zero-order valence-electron chi connectivity index (χ0n) is 11.8. The molecule has 0 aromatic heterocycles. The second-order valence-electron chi connectivity index (χ2n) is 4.79.